The lowest BCUT2D eigenvalue weighted by atomic mass is 10.1. The third kappa shape index (κ3) is 5.27. The number of benzene rings is 1. The number of ether oxygens (including phenoxy) is 1. The number of pyridine rings is 1. The van der Waals surface area contributed by atoms with Gasteiger partial charge in [-0.25, -0.2) is 4.98 Å². The number of carbonyl (C=O) groups is 1. The molecule has 1 amide bonds. The molecule has 0 saturated heterocycles. The van der Waals surface area contributed by atoms with Crippen LogP contribution in [0.15, 0.2) is 41.7 Å². The minimum atomic E-state index is -0.283. The van der Waals surface area contributed by atoms with Crippen LogP contribution in [0.2, 0.25) is 5.02 Å². The number of thioether (sulfide) groups is 1. The van der Waals surface area contributed by atoms with Crippen molar-refractivity contribution < 1.29 is 9.53 Å². The number of rotatable bonds is 7. The van der Waals surface area contributed by atoms with E-state index >= 15 is 0 Å². The summed E-state index contributed by atoms with van der Waals surface area (Å²) in [4.78, 5) is 16.2. The molecule has 1 N–H and O–H groups in total. The summed E-state index contributed by atoms with van der Waals surface area (Å²) < 4.78 is 7.93. The normalized spacial score (nSPS) is 11.9. The van der Waals surface area contributed by atoms with Gasteiger partial charge in [0.25, 0.3) is 0 Å². The second kappa shape index (κ2) is 9.28. The maximum absolute atomic E-state index is 12.1. The minimum Gasteiger partial charge on any atom is -0.482 e. The average molecular weight is 432 g/mol. The number of nitrogens with zero attached hydrogens (tertiary/aromatic N) is 4. The van der Waals surface area contributed by atoms with Gasteiger partial charge in [-0.15, -0.1) is 10.2 Å². The largest absolute Gasteiger partial charge is 0.482 e. The summed E-state index contributed by atoms with van der Waals surface area (Å²) in [6.07, 6.45) is 1.20. The van der Waals surface area contributed by atoms with Crippen molar-refractivity contribution in [3.8, 4) is 5.75 Å². The van der Waals surface area contributed by atoms with Crippen molar-refractivity contribution in [2.24, 2.45) is 7.05 Å². The van der Waals surface area contributed by atoms with Crippen molar-refractivity contribution >= 4 is 35.1 Å². The van der Waals surface area contributed by atoms with Crippen LogP contribution < -0.4 is 10.1 Å². The van der Waals surface area contributed by atoms with Crippen LogP contribution in [0.5, 0.6) is 5.75 Å². The fraction of sp³-hybridized carbons (Fsp3) is 0.300. The molecule has 152 valence electrons. The van der Waals surface area contributed by atoms with Crippen molar-refractivity contribution in [1.82, 2.24) is 19.7 Å². The van der Waals surface area contributed by atoms with Crippen molar-refractivity contribution in [2.45, 2.75) is 32.0 Å². The maximum atomic E-state index is 12.1. The Morgan fingerprint density at radius 3 is 2.79 bits per heavy atom. The monoisotopic (exact) mass is 431 g/mol. The van der Waals surface area contributed by atoms with E-state index in [9.17, 15) is 4.79 Å². The zero-order valence-electron chi connectivity index (χ0n) is 16.6. The molecule has 29 heavy (non-hydrogen) atoms. The Morgan fingerprint density at radius 2 is 2.07 bits per heavy atom. The Kier molecular flexibility index (Phi) is 6.76. The molecule has 7 nitrogen and oxygen atoms in total. The first-order valence-electron chi connectivity index (χ1n) is 9.01. The Balaban J connectivity index is 1.60. The van der Waals surface area contributed by atoms with Crippen molar-refractivity contribution in [3.05, 3.63) is 58.5 Å². The molecule has 2 heterocycles. The van der Waals surface area contributed by atoms with Crippen molar-refractivity contribution in [2.75, 3.05) is 11.1 Å². The van der Waals surface area contributed by atoms with E-state index in [4.69, 9.17) is 16.3 Å². The van der Waals surface area contributed by atoms with E-state index in [2.05, 4.69) is 33.5 Å². The summed E-state index contributed by atoms with van der Waals surface area (Å²) in [6.45, 7) is 6.01. The second-order valence-electron chi connectivity index (χ2n) is 6.56. The Hall–Kier alpha value is -2.58. The highest BCUT2D eigenvalue weighted by atomic mass is 35.5. The number of hydrogen-bond donors (Lipinski definition) is 1. The molecule has 0 fully saturated rings. The van der Waals surface area contributed by atoms with Crippen LogP contribution in [0.3, 0.4) is 0 Å². The lowest BCUT2D eigenvalue weighted by Crippen LogP contribution is -2.15. The van der Waals surface area contributed by atoms with Crippen LogP contribution in [0.25, 0.3) is 0 Å². The molecule has 0 aliphatic rings. The topological polar surface area (TPSA) is 81.9 Å². The zero-order valence-corrected chi connectivity index (χ0v) is 18.2. The first kappa shape index (κ1) is 21.1. The molecule has 2 aromatic heterocycles. The minimum absolute atomic E-state index is 0.183. The van der Waals surface area contributed by atoms with Gasteiger partial charge in [0.1, 0.15) is 11.6 Å². The van der Waals surface area contributed by atoms with Gasteiger partial charge < -0.3 is 14.6 Å². The van der Waals surface area contributed by atoms with Crippen LogP contribution in [-0.4, -0.2) is 31.4 Å². The lowest BCUT2D eigenvalue weighted by Gasteiger charge is -2.16. The predicted molar refractivity (Wildman–Crippen MR) is 115 cm³/mol. The molecule has 0 saturated carbocycles. The number of halogens is 1. The second-order valence-corrected chi connectivity index (χ2v) is 7.94. The fourth-order valence-corrected chi connectivity index (χ4v) is 3.49. The third-order valence-corrected chi connectivity index (χ3v) is 5.66. The van der Waals surface area contributed by atoms with Crippen LogP contribution in [0.4, 0.5) is 5.82 Å². The molecule has 9 heteroatoms. The molecular weight excluding hydrogens is 410 g/mol. The fourth-order valence-electron chi connectivity index (χ4n) is 2.66. The van der Waals surface area contributed by atoms with Gasteiger partial charge in [0.05, 0.1) is 10.8 Å². The van der Waals surface area contributed by atoms with E-state index in [1.54, 1.807) is 12.1 Å². The van der Waals surface area contributed by atoms with Gasteiger partial charge in [-0.3, -0.25) is 4.79 Å². The number of nitrogens with one attached hydrogen (secondary N) is 1. The summed E-state index contributed by atoms with van der Waals surface area (Å²) >= 11 is 7.09. The first-order valence-corrected chi connectivity index (χ1v) is 10.4. The standard InChI is InChI=1S/C20H22ClN5O2S/c1-12-6-5-7-16(13(12)2)28-14(3)19-24-25-20(26(19)4)29-11-18(27)23-17-9-8-15(21)10-22-17/h5-10,14H,11H2,1-4H3,(H,22,23,27). The van der Waals surface area contributed by atoms with Gasteiger partial charge >= 0.3 is 0 Å². The maximum Gasteiger partial charge on any atom is 0.236 e. The van der Waals surface area contributed by atoms with Crippen LogP contribution in [0, 0.1) is 13.8 Å². The highest BCUT2D eigenvalue weighted by molar-refractivity contribution is 7.99. The van der Waals surface area contributed by atoms with E-state index in [1.165, 1.54) is 23.5 Å². The number of aromatic nitrogens is 4. The van der Waals surface area contributed by atoms with Crippen LogP contribution in [-0.2, 0) is 11.8 Å². The quantitative estimate of drug-likeness (QED) is 0.560. The predicted octanol–water partition coefficient (Wildman–Crippen LogP) is 4.35. The molecule has 3 rings (SSSR count). The zero-order chi connectivity index (χ0) is 21.0. The Labute approximate surface area is 178 Å². The molecule has 0 bridgehead atoms. The smallest absolute Gasteiger partial charge is 0.236 e. The van der Waals surface area contributed by atoms with E-state index in [0.29, 0.717) is 21.8 Å². The highest BCUT2D eigenvalue weighted by Crippen LogP contribution is 2.27. The van der Waals surface area contributed by atoms with Crippen LogP contribution in [0.1, 0.15) is 30.0 Å². The molecule has 1 atom stereocenters. The summed E-state index contributed by atoms with van der Waals surface area (Å²) in [5.74, 6) is 1.96. The third-order valence-electron chi connectivity index (χ3n) is 4.42. The van der Waals surface area contributed by atoms with E-state index < -0.39 is 0 Å². The number of aryl methyl sites for hydroxylation is 1. The molecule has 0 spiro atoms. The molecule has 0 radical (unpaired) electrons. The number of hydrogen-bond acceptors (Lipinski definition) is 6. The molecule has 3 aromatic rings. The summed E-state index contributed by atoms with van der Waals surface area (Å²) in [5, 5.41) is 12.3. The molecule has 1 unspecified atom stereocenters. The molecular formula is C20H22ClN5O2S. The first-order chi connectivity index (χ1) is 13.8. The number of amides is 1. The van der Waals surface area contributed by atoms with Gasteiger partial charge in [-0.2, -0.15) is 0 Å². The van der Waals surface area contributed by atoms with E-state index in [-0.39, 0.29) is 17.8 Å². The highest BCUT2D eigenvalue weighted by Gasteiger charge is 2.19. The van der Waals surface area contributed by atoms with E-state index in [0.717, 1.165) is 11.3 Å². The van der Waals surface area contributed by atoms with Crippen LogP contribution >= 0.6 is 23.4 Å². The number of anilines is 1. The molecule has 0 aliphatic heterocycles. The lowest BCUT2D eigenvalue weighted by molar-refractivity contribution is -0.113. The van der Waals surface area contributed by atoms with Gasteiger partial charge in [-0.05, 0) is 50.1 Å². The summed E-state index contributed by atoms with van der Waals surface area (Å²) in [5.41, 5.74) is 2.27. The molecule has 1 aromatic carbocycles. The van der Waals surface area contributed by atoms with Gasteiger partial charge in [0.15, 0.2) is 17.1 Å². The van der Waals surface area contributed by atoms with Crippen molar-refractivity contribution in [3.63, 3.8) is 0 Å². The van der Waals surface area contributed by atoms with Gasteiger partial charge in [-0.1, -0.05) is 35.5 Å². The number of carbonyl (C=O) groups excluding carboxylic acids is 1. The summed E-state index contributed by atoms with van der Waals surface area (Å²) in [7, 11) is 1.86. The Morgan fingerprint density at radius 1 is 1.28 bits per heavy atom. The van der Waals surface area contributed by atoms with Gasteiger partial charge in [0, 0.05) is 13.2 Å². The Bertz CT molecular complexity index is 1010. The molecule has 0 aliphatic carbocycles. The van der Waals surface area contributed by atoms with Gasteiger partial charge in [0.2, 0.25) is 5.91 Å². The van der Waals surface area contributed by atoms with E-state index in [1.807, 2.05) is 37.6 Å². The average Bonchev–Trinajstić information content (AvgIpc) is 3.06. The SMILES string of the molecule is Cc1cccc(OC(C)c2nnc(SCC(=O)Nc3ccc(Cl)cn3)n2C)c1C. The summed E-state index contributed by atoms with van der Waals surface area (Å²) in [6, 6.07) is 9.28. The van der Waals surface area contributed by atoms with Crippen molar-refractivity contribution in [1.29, 1.82) is 0 Å².